The Balaban J connectivity index is 2.67. The van der Waals surface area contributed by atoms with Crippen LogP contribution in [0.4, 0.5) is 5.69 Å². The second-order valence-electron chi connectivity index (χ2n) is 5.10. The van der Waals surface area contributed by atoms with E-state index in [0.29, 0.717) is 6.54 Å². The molecule has 1 aromatic heterocycles. The summed E-state index contributed by atoms with van der Waals surface area (Å²) < 4.78 is 1.74. The number of carbonyl (C=O) groups is 2. The SMILES string of the molecule is CCCN(CC(=O)NC)CC(=O)Nc1c(C)nn(C)c1C. The summed E-state index contributed by atoms with van der Waals surface area (Å²) in [6.07, 6.45) is 0.884. The molecule has 1 heterocycles. The lowest BCUT2D eigenvalue weighted by Gasteiger charge is -2.20. The molecule has 2 N–H and O–H groups in total. The van der Waals surface area contributed by atoms with Crippen molar-refractivity contribution in [1.29, 1.82) is 0 Å². The molecule has 0 spiro atoms. The highest BCUT2D eigenvalue weighted by Gasteiger charge is 2.16. The first-order chi connectivity index (χ1) is 9.88. The average molecular weight is 295 g/mol. The van der Waals surface area contributed by atoms with Crippen molar-refractivity contribution in [3.8, 4) is 0 Å². The predicted octanol–water partition coefficient (Wildman–Crippen LogP) is 0.433. The number of aryl methyl sites for hydroxylation is 2. The topological polar surface area (TPSA) is 79.3 Å². The molecule has 7 heteroatoms. The molecule has 0 fully saturated rings. The number of aromatic nitrogens is 2. The van der Waals surface area contributed by atoms with Gasteiger partial charge in [-0.3, -0.25) is 19.2 Å². The fourth-order valence-corrected chi connectivity index (χ4v) is 2.15. The van der Waals surface area contributed by atoms with Gasteiger partial charge >= 0.3 is 0 Å². The summed E-state index contributed by atoms with van der Waals surface area (Å²) in [6.45, 7) is 6.90. The van der Waals surface area contributed by atoms with Crippen molar-refractivity contribution >= 4 is 17.5 Å². The van der Waals surface area contributed by atoms with E-state index in [9.17, 15) is 9.59 Å². The molecule has 0 atom stereocenters. The van der Waals surface area contributed by atoms with Gasteiger partial charge in [0.25, 0.3) is 0 Å². The first-order valence-corrected chi connectivity index (χ1v) is 7.12. The van der Waals surface area contributed by atoms with E-state index in [1.165, 1.54) is 0 Å². The molecule has 1 aromatic rings. The second kappa shape index (κ2) is 7.78. The zero-order valence-corrected chi connectivity index (χ0v) is 13.5. The Morgan fingerprint density at radius 3 is 2.33 bits per heavy atom. The highest BCUT2D eigenvalue weighted by Crippen LogP contribution is 2.18. The van der Waals surface area contributed by atoms with Crippen LogP contribution in [0.1, 0.15) is 24.7 Å². The summed E-state index contributed by atoms with van der Waals surface area (Å²) >= 11 is 0. The van der Waals surface area contributed by atoms with E-state index in [-0.39, 0.29) is 24.9 Å². The molecule has 7 nitrogen and oxygen atoms in total. The minimum atomic E-state index is -0.133. The van der Waals surface area contributed by atoms with E-state index < -0.39 is 0 Å². The van der Waals surface area contributed by atoms with Crippen LogP contribution in [-0.2, 0) is 16.6 Å². The zero-order valence-electron chi connectivity index (χ0n) is 13.5. The van der Waals surface area contributed by atoms with Crippen LogP contribution in [0.5, 0.6) is 0 Å². The van der Waals surface area contributed by atoms with E-state index in [0.717, 1.165) is 23.5 Å². The molecular formula is C14H25N5O2. The number of likely N-dealkylation sites (N-methyl/N-ethyl adjacent to an activating group) is 1. The Morgan fingerprint density at radius 1 is 1.24 bits per heavy atom. The molecule has 0 saturated carbocycles. The molecule has 21 heavy (non-hydrogen) atoms. The van der Waals surface area contributed by atoms with Crippen LogP contribution in [0.15, 0.2) is 0 Å². The maximum absolute atomic E-state index is 12.2. The normalized spacial score (nSPS) is 10.8. The molecule has 0 radical (unpaired) electrons. The summed E-state index contributed by atoms with van der Waals surface area (Å²) in [5.74, 6) is -0.225. The van der Waals surface area contributed by atoms with E-state index in [1.807, 2.05) is 32.7 Å². The molecule has 1 rings (SSSR count). The maximum Gasteiger partial charge on any atom is 0.238 e. The molecule has 0 aliphatic carbocycles. The van der Waals surface area contributed by atoms with Gasteiger partial charge in [-0.15, -0.1) is 0 Å². The molecule has 0 aromatic carbocycles. The first kappa shape index (κ1) is 17.2. The Kier molecular flexibility index (Phi) is 6.36. The van der Waals surface area contributed by atoms with Crippen LogP contribution in [0.3, 0.4) is 0 Å². The summed E-state index contributed by atoms with van der Waals surface area (Å²) in [7, 11) is 3.43. The Labute approximate surface area is 125 Å². The Morgan fingerprint density at radius 2 is 1.86 bits per heavy atom. The third-order valence-corrected chi connectivity index (χ3v) is 3.33. The fraction of sp³-hybridized carbons (Fsp3) is 0.643. The number of hydrogen-bond acceptors (Lipinski definition) is 4. The van der Waals surface area contributed by atoms with E-state index in [4.69, 9.17) is 0 Å². The van der Waals surface area contributed by atoms with Gasteiger partial charge in [-0.05, 0) is 26.8 Å². The number of carbonyl (C=O) groups excluding carboxylic acids is 2. The lowest BCUT2D eigenvalue weighted by atomic mass is 10.3. The van der Waals surface area contributed by atoms with Gasteiger partial charge in [0.15, 0.2) is 0 Å². The largest absolute Gasteiger partial charge is 0.358 e. The number of rotatable bonds is 7. The minimum absolute atomic E-state index is 0.0926. The second-order valence-corrected chi connectivity index (χ2v) is 5.10. The van der Waals surface area contributed by atoms with Crippen LogP contribution in [0, 0.1) is 13.8 Å². The summed E-state index contributed by atoms with van der Waals surface area (Å²) in [6, 6.07) is 0. The summed E-state index contributed by atoms with van der Waals surface area (Å²) in [4.78, 5) is 25.4. The van der Waals surface area contributed by atoms with Gasteiger partial charge in [-0.2, -0.15) is 5.10 Å². The molecule has 0 saturated heterocycles. The van der Waals surface area contributed by atoms with Gasteiger partial charge in [0.05, 0.1) is 30.2 Å². The van der Waals surface area contributed by atoms with Crippen molar-refractivity contribution in [3.05, 3.63) is 11.4 Å². The molecule has 0 aliphatic heterocycles. The van der Waals surface area contributed by atoms with Gasteiger partial charge in [-0.1, -0.05) is 6.92 Å². The maximum atomic E-state index is 12.2. The summed E-state index contributed by atoms with van der Waals surface area (Å²) in [5, 5.41) is 9.72. The van der Waals surface area contributed by atoms with Crippen molar-refractivity contribution in [2.24, 2.45) is 7.05 Å². The van der Waals surface area contributed by atoms with Gasteiger partial charge in [0.2, 0.25) is 11.8 Å². The molecular weight excluding hydrogens is 270 g/mol. The molecule has 0 unspecified atom stereocenters. The van der Waals surface area contributed by atoms with Crippen LogP contribution in [0.2, 0.25) is 0 Å². The van der Waals surface area contributed by atoms with Crippen molar-refractivity contribution in [2.45, 2.75) is 27.2 Å². The van der Waals surface area contributed by atoms with Crippen molar-refractivity contribution in [2.75, 3.05) is 32.0 Å². The zero-order chi connectivity index (χ0) is 16.0. The average Bonchev–Trinajstić information content (AvgIpc) is 2.65. The number of amides is 2. The van der Waals surface area contributed by atoms with Crippen LogP contribution in [0.25, 0.3) is 0 Å². The molecule has 0 aliphatic rings. The Hall–Kier alpha value is -1.89. The number of nitrogens with zero attached hydrogens (tertiary/aromatic N) is 3. The lowest BCUT2D eigenvalue weighted by molar-refractivity contribution is -0.123. The van der Waals surface area contributed by atoms with Gasteiger partial charge in [0, 0.05) is 14.1 Å². The quantitative estimate of drug-likeness (QED) is 0.765. The predicted molar refractivity (Wildman–Crippen MR) is 82.1 cm³/mol. The number of nitrogens with one attached hydrogen (secondary N) is 2. The lowest BCUT2D eigenvalue weighted by Crippen LogP contribution is -2.40. The van der Waals surface area contributed by atoms with Gasteiger partial charge in [0.1, 0.15) is 0 Å². The number of hydrogen-bond donors (Lipinski definition) is 2. The monoisotopic (exact) mass is 295 g/mol. The van der Waals surface area contributed by atoms with Crippen LogP contribution < -0.4 is 10.6 Å². The van der Waals surface area contributed by atoms with Crippen molar-refractivity contribution in [1.82, 2.24) is 20.0 Å². The highest BCUT2D eigenvalue weighted by molar-refractivity contribution is 5.93. The summed E-state index contributed by atoms with van der Waals surface area (Å²) in [5.41, 5.74) is 2.45. The molecule has 2 amide bonds. The molecule has 0 bridgehead atoms. The first-order valence-electron chi connectivity index (χ1n) is 7.12. The molecule has 118 valence electrons. The number of anilines is 1. The fourth-order valence-electron chi connectivity index (χ4n) is 2.15. The minimum Gasteiger partial charge on any atom is -0.358 e. The third-order valence-electron chi connectivity index (χ3n) is 3.33. The standard InChI is InChI=1S/C14H25N5O2/c1-6-7-19(8-12(20)15-4)9-13(21)16-14-10(2)17-18(5)11(14)3/h6-9H2,1-5H3,(H,15,20)(H,16,21). The van der Waals surface area contributed by atoms with Gasteiger partial charge in [-0.25, -0.2) is 0 Å². The third kappa shape index (κ3) is 4.86. The Bertz CT molecular complexity index is 510. The van der Waals surface area contributed by atoms with Crippen molar-refractivity contribution < 1.29 is 9.59 Å². The van der Waals surface area contributed by atoms with Crippen molar-refractivity contribution in [3.63, 3.8) is 0 Å². The van der Waals surface area contributed by atoms with Crippen LogP contribution >= 0.6 is 0 Å². The van der Waals surface area contributed by atoms with Gasteiger partial charge < -0.3 is 10.6 Å². The van der Waals surface area contributed by atoms with E-state index in [1.54, 1.807) is 11.7 Å². The van der Waals surface area contributed by atoms with Crippen LogP contribution in [-0.4, -0.2) is 53.2 Å². The smallest absolute Gasteiger partial charge is 0.238 e. The van der Waals surface area contributed by atoms with E-state index >= 15 is 0 Å². The van der Waals surface area contributed by atoms with E-state index in [2.05, 4.69) is 15.7 Å². The highest BCUT2D eigenvalue weighted by atomic mass is 16.2.